The number of fused-ring (bicyclic) bond motifs is 1. The number of anilines is 2. The summed E-state index contributed by atoms with van der Waals surface area (Å²) in [7, 11) is 0. The van der Waals surface area contributed by atoms with Crippen LogP contribution in [0.5, 0.6) is 0 Å². The van der Waals surface area contributed by atoms with Crippen LogP contribution in [-0.4, -0.2) is 71.2 Å². The maximum atomic E-state index is 14.2. The van der Waals surface area contributed by atoms with Crippen molar-refractivity contribution in [3.8, 4) is 0 Å². The lowest BCUT2D eigenvalue weighted by Crippen LogP contribution is -2.57. The molecule has 3 heterocycles. The molecule has 0 saturated carbocycles. The minimum atomic E-state index is -1.12. The first-order valence-corrected chi connectivity index (χ1v) is 14.8. The quantitative estimate of drug-likeness (QED) is 0.388. The van der Waals surface area contributed by atoms with Gasteiger partial charge in [-0.1, -0.05) is 44.2 Å². The highest BCUT2D eigenvalue weighted by Crippen LogP contribution is 2.59. The third kappa shape index (κ3) is 5.10. The lowest BCUT2D eigenvalue weighted by Gasteiger charge is -2.38. The summed E-state index contributed by atoms with van der Waals surface area (Å²) in [5.41, 5.74) is 1.52. The van der Waals surface area contributed by atoms with E-state index in [0.29, 0.717) is 25.1 Å². The normalized spacial score (nSPS) is 27.2. The Kier molecular flexibility index (Phi) is 8.38. The van der Waals surface area contributed by atoms with Crippen LogP contribution in [0, 0.1) is 17.8 Å². The standard InChI is InChI=1S/C32H42N4O5/c1-5-35(6-2)23-14-12-22(13-15-23)34-30(39)28-32-17-16-25(41-32)26(29(38)33-18-21-10-8-7-9-11-21)27(32)31(40)36(28)24(19-37)20(3)4/h7-15,20,24-28,37H,5-6,16-19H2,1-4H3,(H,33,38)(H,34,39)/t24-,25-,26+,27-,28?,32?/m0/s1. The van der Waals surface area contributed by atoms with E-state index < -0.39 is 35.6 Å². The number of carbonyl (C=O) groups excluding carboxylic acids is 3. The molecular formula is C32H42N4O5. The number of nitrogens with one attached hydrogen (secondary N) is 2. The minimum Gasteiger partial charge on any atom is -0.394 e. The van der Waals surface area contributed by atoms with Crippen molar-refractivity contribution in [2.24, 2.45) is 17.8 Å². The predicted octanol–water partition coefficient (Wildman–Crippen LogP) is 3.18. The highest BCUT2D eigenvalue weighted by atomic mass is 16.5. The molecule has 3 aliphatic rings. The molecule has 0 radical (unpaired) electrons. The summed E-state index contributed by atoms with van der Waals surface area (Å²) in [6, 6.07) is 15.7. The second-order valence-corrected chi connectivity index (χ2v) is 11.7. The highest BCUT2D eigenvalue weighted by molar-refractivity contribution is 6.03. The van der Waals surface area contributed by atoms with Gasteiger partial charge in [-0.25, -0.2) is 0 Å². The molecule has 6 atom stereocenters. The van der Waals surface area contributed by atoms with Crippen LogP contribution in [0.25, 0.3) is 0 Å². The second-order valence-electron chi connectivity index (χ2n) is 11.7. The topological polar surface area (TPSA) is 111 Å². The fourth-order valence-corrected chi connectivity index (χ4v) is 7.13. The van der Waals surface area contributed by atoms with E-state index in [-0.39, 0.29) is 30.2 Å². The van der Waals surface area contributed by atoms with E-state index in [4.69, 9.17) is 4.74 Å². The van der Waals surface area contributed by atoms with Crippen molar-refractivity contribution in [3.63, 3.8) is 0 Å². The maximum Gasteiger partial charge on any atom is 0.250 e. The summed E-state index contributed by atoms with van der Waals surface area (Å²) >= 11 is 0. The molecule has 2 aromatic carbocycles. The SMILES string of the molecule is CCN(CC)c1ccc(NC(=O)C2N([C@@H](CO)C(C)C)C(=O)[C@@H]3[C@H](C(=O)NCc4ccccc4)[C@@H]4CCC23O4)cc1. The van der Waals surface area contributed by atoms with E-state index in [1.54, 1.807) is 0 Å². The molecule has 2 unspecified atom stereocenters. The molecule has 41 heavy (non-hydrogen) atoms. The fraction of sp³-hybridized carbons (Fsp3) is 0.531. The Balaban J connectivity index is 1.43. The summed E-state index contributed by atoms with van der Waals surface area (Å²) < 4.78 is 6.52. The van der Waals surface area contributed by atoms with E-state index >= 15 is 0 Å². The van der Waals surface area contributed by atoms with Crippen LogP contribution in [0.2, 0.25) is 0 Å². The van der Waals surface area contributed by atoms with Gasteiger partial charge in [0.15, 0.2) is 0 Å². The smallest absolute Gasteiger partial charge is 0.250 e. The van der Waals surface area contributed by atoms with Gasteiger partial charge in [0.25, 0.3) is 0 Å². The molecule has 2 aromatic rings. The Morgan fingerprint density at radius 2 is 1.76 bits per heavy atom. The number of benzene rings is 2. The molecule has 2 bridgehead atoms. The van der Waals surface area contributed by atoms with E-state index in [1.807, 2.05) is 68.4 Å². The van der Waals surface area contributed by atoms with Gasteiger partial charge in [-0.2, -0.15) is 0 Å². The van der Waals surface area contributed by atoms with Gasteiger partial charge in [0.2, 0.25) is 17.7 Å². The molecule has 3 N–H and O–H groups in total. The third-order valence-electron chi connectivity index (χ3n) is 9.18. The highest BCUT2D eigenvalue weighted by Gasteiger charge is 2.75. The van der Waals surface area contributed by atoms with Gasteiger partial charge in [-0.05, 0) is 62.4 Å². The molecule has 1 spiro atoms. The summed E-state index contributed by atoms with van der Waals surface area (Å²) in [5.74, 6) is -2.48. The number of ether oxygens (including phenoxy) is 1. The van der Waals surface area contributed by atoms with Crippen LogP contribution in [0.15, 0.2) is 54.6 Å². The van der Waals surface area contributed by atoms with Crippen molar-refractivity contribution in [1.82, 2.24) is 10.2 Å². The van der Waals surface area contributed by atoms with E-state index in [9.17, 15) is 19.5 Å². The molecule has 3 saturated heterocycles. The molecule has 5 rings (SSSR count). The molecule has 9 heteroatoms. The molecule has 3 fully saturated rings. The van der Waals surface area contributed by atoms with Gasteiger partial charge in [-0.3, -0.25) is 14.4 Å². The van der Waals surface area contributed by atoms with Crippen LogP contribution in [0.4, 0.5) is 11.4 Å². The second kappa shape index (κ2) is 11.8. The molecular weight excluding hydrogens is 520 g/mol. The van der Waals surface area contributed by atoms with Gasteiger partial charge < -0.3 is 30.3 Å². The number of aliphatic hydroxyl groups is 1. The summed E-state index contributed by atoms with van der Waals surface area (Å²) in [5, 5.41) is 16.4. The molecule has 9 nitrogen and oxygen atoms in total. The van der Waals surface area contributed by atoms with Crippen molar-refractivity contribution in [1.29, 1.82) is 0 Å². The van der Waals surface area contributed by atoms with Crippen molar-refractivity contribution in [3.05, 3.63) is 60.2 Å². The molecule has 3 aliphatic heterocycles. The predicted molar refractivity (Wildman–Crippen MR) is 157 cm³/mol. The number of amides is 3. The van der Waals surface area contributed by atoms with Crippen LogP contribution in [0.3, 0.4) is 0 Å². The molecule has 3 amide bonds. The average molecular weight is 563 g/mol. The summed E-state index contributed by atoms with van der Waals surface area (Å²) in [6.45, 7) is 9.84. The van der Waals surface area contributed by atoms with Crippen molar-refractivity contribution >= 4 is 29.1 Å². The van der Waals surface area contributed by atoms with Gasteiger partial charge >= 0.3 is 0 Å². The van der Waals surface area contributed by atoms with Gasteiger partial charge in [0.05, 0.1) is 30.6 Å². The largest absolute Gasteiger partial charge is 0.394 e. The maximum absolute atomic E-state index is 14.2. The summed E-state index contributed by atoms with van der Waals surface area (Å²) in [4.78, 5) is 45.6. The molecule has 0 aliphatic carbocycles. The van der Waals surface area contributed by atoms with Crippen LogP contribution in [0.1, 0.15) is 46.1 Å². The molecule has 220 valence electrons. The lowest BCUT2D eigenvalue weighted by atomic mass is 9.70. The molecule has 0 aromatic heterocycles. The Morgan fingerprint density at radius 1 is 1.07 bits per heavy atom. The number of aliphatic hydroxyl groups excluding tert-OH is 1. The zero-order chi connectivity index (χ0) is 29.3. The zero-order valence-corrected chi connectivity index (χ0v) is 24.4. The Bertz CT molecular complexity index is 1250. The van der Waals surface area contributed by atoms with Gasteiger partial charge in [0, 0.05) is 31.0 Å². The first kappa shape index (κ1) is 29.1. The van der Waals surface area contributed by atoms with Crippen LogP contribution < -0.4 is 15.5 Å². The van der Waals surface area contributed by atoms with Crippen molar-refractivity contribution in [2.75, 3.05) is 29.9 Å². The summed E-state index contributed by atoms with van der Waals surface area (Å²) in [6.07, 6.45) is 0.661. The van der Waals surface area contributed by atoms with Gasteiger partial charge in [0.1, 0.15) is 11.6 Å². The monoisotopic (exact) mass is 562 g/mol. The van der Waals surface area contributed by atoms with Crippen LogP contribution in [-0.2, 0) is 25.7 Å². The number of hydrogen-bond donors (Lipinski definition) is 3. The third-order valence-corrected chi connectivity index (χ3v) is 9.18. The van der Waals surface area contributed by atoms with Crippen molar-refractivity contribution in [2.45, 2.75) is 70.9 Å². The number of likely N-dealkylation sites (tertiary alicyclic amines) is 1. The Labute approximate surface area is 242 Å². The van der Waals surface area contributed by atoms with E-state index in [0.717, 1.165) is 24.3 Å². The number of hydrogen-bond acceptors (Lipinski definition) is 6. The lowest BCUT2D eigenvalue weighted by molar-refractivity contribution is -0.145. The van der Waals surface area contributed by atoms with E-state index in [2.05, 4.69) is 29.4 Å². The Morgan fingerprint density at radius 3 is 2.37 bits per heavy atom. The number of carbonyl (C=O) groups is 3. The zero-order valence-electron chi connectivity index (χ0n) is 24.4. The van der Waals surface area contributed by atoms with Crippen molar-refractivity contribution < 1.29 is 24.2 Å². The van der Waals surface area contributed by atoms with Crippen LogP contribution >= 0.6 is 0 Å². The average Bonchev–Trinajstić information content (AvgIpc) is 3.62. The Hall–Kier alpha value is -3.43. The number of nitrogens with zero attached hydrogens (tertiary/aromatic N) is 2. The first-order valence-electron chi connectivity index (χ1n) is 14.8. The fourth-order valence-electron chi connectivity index (χ4n) is 7.13. The minimum absolute atomic E-state index is 0.106. The van der Waals surface area contributed by atoms with Gasteiger partial charge in [-0.15, -0.1) is 0 Å². The number of rotatable bonds is 11. The first-order chi connectivity index (χ1) is 19.7. The van der Waals surface area contributed by atoms with E-state index in [1.165, 1.54) is 4.90 Å².